The molecule has 1 heterocycles. The van der Waals surface area contributed by atoms with Crippen LogP contribution in [0.4, 0.5) is 0 Å². The fourth-order valence-electron chi connectivity index (χ4n) is 2.82. The first kappa shape index (κ1) is 18.5. The van der Waals surface area contributed by atoms with Gasteiger partial charge in [0.05, 0.1) is 29.1 Å². The van der Waals surface area contributed by atoms with E-state index in [0.717, 1.165) is 10.5 Å². The summed E-state index contributed by atoms with van der Waals surface area (Å²) in [5.41, 5.74) is 0.254. The maximum absolute atomic E-state index is 12.2. The Morgan fingerprint density at radius 2 is 2.09 bits per heavy atom. The molecule has 1 unspecified atom stereocenters. The highest BCUT2D eigenvalue weighted by atomic mass is 35.5. The first-order chi connectivity index (χ1) is 10.6. The van der Waals surface area contributed by atoms with E-state index in [1.54, 1.807) is 19.1 Å². The highest BCUT2D eigenvalue weighted by molar-refractivity contribution is 7.91. The number of carbonyl (C=O) groups excluding carboxylic acids is 1. The molecule has 128 valence electrons. The van der Waals surface area contributed by atoms with Crippen molar-refractivity contribution in [1.82, 2.24) is 5.32 Å². The van der Waals surface area contributed by atoms with Gasteiger partial charge in [-0.05, 0) is 25.5 Å². The summed E-state index contributed by atoms with van der Waals surface area (Å²) in [6, 6.07) is 5.29. The van der Waals surface area contributed by atoms with Crippen LogP contribution in [0.15, 0.2) is 18.2 Å². The zero-order chi connectivity index (χ0) is 17.3. The van der Waals surface area contributed by atoms with Crippen molar-refractivity contribution in [2.45, 2.75) is 25.4 Å². The summed E-state index contributed by atoms with van der Waals surface area (Å²) in [5, 5.41) is 4.01. The van der Waals surface area contributed by atoms with E-state index >= 15 is 0 Å². The lowest BCUT2D eigenvalue weighted by Gasteiger charge is -2.24. The van der Waals surface area contributed by atoms with Crippen LogP contribution in [0.1, 0.15) is 18.9 Å². The topological polar surface area (TPSA) is 67.7 Å². The van der Waals surface area contributed by atoms with Gasteiger partial charge in [0.1, 0.15) is 6.54 Å². The molecule has 1 aromatic carbocycles. The number of sulfone groups is 1. The molecule has 0 bridgehead atoms. The molecule has 0 aromatic heterocycles. The minimum atomic E-state index is -3.04. The maximum atomic E-state index is 12.2. The predicted octanol–water partition coefficient (Wildman–Crippen LogP) is 0.702. The molecule has 8 heteroatoms. The van der Waals surface area contributed by atoms with E-state index in [1.807, 2.05) is 13.1 Å². The molecule has 1 saturated heterocycles. The van der Waals surface area contributed by atoms with Gasteiger partial charge in [-0.2, -0.15) is 0 Å². The monoisotopic (exact) mass is 379 g/mol. The second-order valence-corrected chi connectivity index (χ2v) is 9.52. The van der Waals surface area contributed by atoms with E-state index in [1.165, 1.54) is 0 Å². The van der Waals surface area contributed by atoms with Gasteiger partial charge in [0, 0.05) is 10.6 Å². The third kappa shape index (κ3) is 5.35. The van der Waals surface area contributed by atoms with Crippen molar-refractivity contribution in [3.05, 3.63) is 33.8 Å². The van der Waals surface area contributed by atoms with E-state index in [9.17, 15) is 13.2 Å². The maximum Gasteiger partial charge on any atom is 0.275 e. The van der Waals surface area contributed by atoms with Gasteiger partial charge in [-0.25, -0.2) is 8.42 Å². The number of halogens is 2. The molecule has 1 aromatic rings. The lowest BCUT2D eigenvalue weighted by atomic mass is 10.0. The van der Waals surface area contributed by atoms with Crippen LogP contribution in [0.5, 0.6) is 0 Å². The largest absolute Gasteiger partial charge is 0.345 e. The number of likely N-dealkylation sites (N-methyl/N-ethyl adjacent to an activating group) is 1. The van der Waals surface area contributed by atoms with Gasteiger partial charge in [-0.15, -0.1) is 0 Å². The van der Waals surface area contributed by atoms with Crippen LogP contribution in [0, 0.1) is 0 Å². The molecular formula is C15H21Cl2N2O3S+. The number of quaternary nitrogens is 1. The molecule has 2 N–H and O–H groups in total. The number of benzene rings is 1. The lowest BCUT2D eigenvalue weighted by molar-refractivity contribution is -0.885. The van der Waals surface area contributed by atoms with Crippen LogP contribution in [0.3, 0.4) is 0 Å². The average Bonchev–Trinajstić information content (AvgIpc) is 2.66. The summed E-state index contributed by atoms with van der Waals surface area (Å²) in [4.78, 5) is 13.1. The highest BCUT2D eigenvalue weighted by Gasteiger charge is 2.39. The number of amides is 1. The van der Waals surface area contributed by atoms with Gasteiger partial charge in [0.15, 0.2) is 16.4 Å². The molecule has 0 radical (unpaired) electrons. The van der Waals surface area contributed by atoms with Gasteiger partial charge in [0.2, 0.25) is 0 Å². The van der Waals surface area contributed by atoms with Crippen molar-refractivity contribution in [1.29, 1.82) is 0 Å². The van der Waals surface area contributed by atoms with Crippen LogP contribution in [0.25, 0.3) is 0 Å². The lowest BCUT2D eigenvalue weighted by Crippen LogP contribution is -3.09. The fourth-order valence-corrected chi connectivity index (χ4v) is 5.39. The van der Waals surface area contributed by atoms with E-state index < -0.39 is 15.4 Å². The first-order valence-electron chi connectivity index (χ1n) is 7.35. The zero-order valence-electron chi connectivity index (χ0n) is 13.2. The molecule has 1 amide bonds. The Bertz CT molecular complexity index is 709. The van der Waals surface area contributed by atoms with E-state index in [2.05, 4.69) is 5.32 Å². The van der Waals surface area contributed by atoms with Crippen LogP contribution >= 0.6 is 23.2 Å². The predicted molar refractivity (Wildman–Crippen MR) is 91.7 cm³/mol. The molecule has 0 saturated carbocycles. The molecule has 5 nitrogen and oxygen atoms in total. The molecule has 1 fully saturated rings. The smallest absolute Gasteiger partial charge is 0.275 e. The van der Waals surface area contributed by atoms with Gasteiger partial charge in [0.25, 0.3) is 5.91 Å². The number of hydrogen-bond donors (Lipinski definition) is 2. The average molecular weight is 380 g/mol. The minimum Gasteiger partial charge on any atom is -0.345 e. The van der Waals surface area contributed by atoms with Gasteiger partial charge in [-0.3, -0.25) is 4.79 Å². The Kier molecular flexibility index (Phi) is 5.61. The Labute approximate surface area is 146 Å². The summed E-state index contributed by atoms with van der Waals surface area (Å²) < 4.78 is 23.1. The van der Waals surface area contributed by atoms with Crippen LogP contribution < -0.4 is 10.2 Å². The second kappa shape index (κ2) is 6.97. The zero-order valence-corrected chi connectivity index (χ0v) is 15.5. The minimum absolute atomic E-state index is 0.00774. The van der Waals surface area contributed by atoms with Crippen LogP contribution in [-0.4, -0.2) is 45.0 Å². The third-order valence-corrected chi connectivity index (χ3v) is 6.40. The standard InChI is InChI=1S/C15H20Cl2N2O3S/c1-15(5-6-23(21,22)10-15)18-14(20)9-19(2)8-11-3-4-12(16)7-13(11)17/h3-4,7H,5-6,8-10H2,1-2H3,(H,18,20)/p+1/t15-/m1/s1. The quantitative estimate of drug-likeness (QED) is 0.791. The summed E-state index contributed by atoms with van der Waals surface area (Å²) >= 11 is 12.0. The normalized spacial score (nSPS) is 24.3. The Morgan fingerprint density at radius 1 is 1.39 bits per heavy atom. The van der Waals surface area contributed by atoms with Gasteiger partial charge < -0.3 is 10.2 Å². The van der Waals surface area contributed by atoms with Gasteiger partial charge >= 0.3 is 0 Å². The van der Waals surface area contributed by atoms with Crippen molar-refractivity contribution < 1.29 is 18.1 Å². The molecule has 2 atom stereocenters. The molecule has 0 aliphatic carbocycles. The van der Waals surface area contributed by atoms with Crippen molar-refractivity contribution in [2.24, 2.45) is 0 Å². The fraction of sp³-hybridized carbons (Fsp3) is 0.533. The first-order valence-corrected chi connectivity index (χ1v) is 9.93. The van der Waals surface area contributed by atoms with Crippen molar-refractivity contribution >= 4 is 38.9 Å². The number of rotatable bonds is 5. The van der Waals surface area contributed by atoms with Crippen molar-refractivity contribution in [2.75, 3.05) is 25.1 Å². The van der Waals surface area contributed by atoms with Gasteiger partial charge in [-0.1, -0.05) is 29.3 Å². The summed E-state index contributed by atoms with van der Waals surface area (Å²) in [6.07, 6.45) is 0.461. The molecule has 2 rings (SSSR count). The van der Waals surface area contributed by atoms with Crippen molar-refractivity contribution in [3.8, 4) is 0 Å². The summed E-state index contributed by atoms with van der Waals surface area (Å²) in [6.45, 7) is 2.61. The van der Waals surface area contributed by atoms with E-state index in [0.29, 0.717) is 23.0 Å². The second-order valence-electron chi connectivity index (χ2n) is 6.50. The van der Waals surface area contributed by atoms with Crippen molar-refractivity contribution in [3.63, 3.8) is 0 Å². The Hall–Kier alpha value is -0.820. The summed E-state index contributed by atoms with van der Waals surface area (Å²) in [7, 11) is -1.15. The highest BCUT2D eigenvalue weighted by Crippen LogP contribution is 2.22. The molecule has 23 heavy (non-hydrogen) atoms. The number of carbonyl (C=O) groups is 1. The molecule has 1 aliphatic rings. The molecule has 1 aliphatic heterocycles. The third-order valence-electron chi connectivity index (χ3n) is 3.91. The van der Waals surface area contributed by atoms with E-state index in [4.69, 9.17) is 23.2 Å². The molecule has 0 spiro atoms. The molecular weight excluding hydrogens is 359 g/mol. The van der Waals surface area contributed by atoms with Crippen LogP contribution in [-0.2, 0) is 21.2 Å². The SMILES string of the molecule is C[NH+](CC(=O)N[C@]1(C)CCS(=O)(=O)C1)Cc1ccc(Cl)cc1Cl. The Morgan fingerprint density at radius 3 is 2.65 bits per heavy atom. The van der Waals surface area contributed by atoms with E-state index in [-0.39, 0.29) is 24.0 Å². The summed E-state index contributed by atoms with van der Waals surface area (Å²) in [5.74, 6) is -0.0205. The number of nitrogens with one attached hydrogen (secondary N) is 2. The Balaban J connectivity index is 1.90. The van der Waals surface area contributed by atoms with Crippen LogP contribution in [0.2, 0.25) is 10.0 Å². The number of hydrogen-bond acceptors (Lipinski definition) is 3.